The normalized spacial score (nSPS) is 13.6. The zero-order chi connectivity index (χ0) is 23.5. The first kappa shape index (κ1) is 21.9. The van der Waals surface area contributed by atoms with E-state index in [0.717, 1.165) is 58.9 Å². The molecule has 1 aliphatic carbocycles. The van der Waals surface area contributed by atoms with Gasteiger partial charge in [-0.15, -0.1) is 0 Å². The summed E-state index contributed by atoms with van der Waals surface area (Å²) in [6.45, 7) is 2.39. The summed E-state index contributed by atoms with van der Waals surface area (Å²) in [5.74, 6) is 2.84. The summed E-state index contributed by atoms with van der Waals surface area (Å²) in [7, 11) is 0. The molecule has 0 bridgehead atoms. The predicted molar refractivity (Wildman–Crippen MR) is 134 cm³/mol. The molecule has 2 heterocycles. The fraction of sp³-hybridized carbons (Fsp3) is 0.296. The number of nitrogens with zero attached hydrogens (tertiary/aromatic N) is 3. The van der Waals surface area contributed by atoms with E-state index in [2.05, 4.69) is 10.3 Å². The Kier molecular flexibility index (Phi) is 6.16. The van der Waals surface area contributed by atoms with Gasteiger partial charge in [0.2, 0.25) is 5.91 Å². The zero-order valence-corrected chi connectivity index (χ0v) is 19.3. The van der Waals surface area contributed by atoms with E-state index in [0.29, 0.717) is 24.8 Å². The molecule has 0 spiro atoms. The van der Waals surface area contributed by atoms with Gasteiger partial charge in [0.05, 0.1) is 23.6 Å². The van der Waals surface area contributed by atoms with Crippen LogP contribution in [0.4, 0.5) is 11.5 Å². The average Bonchev–Trinajstić information content (AvgIpc) is 3.18. The van der Waals surface area contributed by atoms with Gasteiger partial charge in [0, 0.05) is 23.6 Å². The average molecular weight is 456 g/mol. The van der Waals surface area contributed by atoms with Crippen molar-refractivity contribution in [1.29, 1.82) is 0 Å². The molecule has 1 amide bonds. The maximum Gasteiger partial charge on any atom is 0.224 e. The van der Waals surface area contributed by atoms with Crippen molar-refractivity contribution in [3.05, 3.63) is 72.3 Å². The third kappa shape index (κ3) is 4.46. The second kappa shape index (κ2) is 9.55. The smallest absolute Gasteiger partial charge is 0.224 e. The molecule has 2 aromatic heterocycles. The zero-order valence-electron chi connectivity index (χ0n) is 19.3. The maximum absolute atomic E-state index is 11.9. The third-order valence-electron chi connectivity index (χ3n) is 6.27. The van der Waals surface area contributed by atoms with Crippen LogP contribution in [0.1, 0.15) is 56.3 Å². The largest absolute Gasteiger partial charge is 0.489 e. The Morgan fingerprint density at radius 1 is 1.18 bits per heavy atom. The molecule has 0 saturated heterocycles. The second-order valence-electron chi connectivity index (χ2n) is 8.81. The van der Waals surface area contributed by atoms with Crippen LogP contribution in [0.5, 0.6) is 5.75 Å². The molecule has 5 rings (SSSR count). The number of ether oxygens (including phenoxy) is 1. The van der Waals surface area contributed by atoms with Crippen LogP contribution in [0.15, 0.2) is 60.9 Å². The van der Waals surface area contributed by atoms with Crippen molar-refractivity contribution in [1.82, 2.24) is 14.4 Å². The minimum Gasteiger partial charge on any atom is -0.489 e. The number of benzene rings is 2. The number of imidazole rings is 1. The van der Waals surface area contributed by atoms with Crippen molar-refractivity contribution >= 4 is 22.9 Å². The Bertz CT molecular complexity index is 1330. The van der Waals surface area contributed by atoms with Gasteiger partial charge >= 0.3 is 0 Å². The highest BCUT2D eigenvalue weighted by Crippen LogP contribution is 2.39. The lowest BCUT2D eigenvalue weighted by Gasteiger charge is -2.24. The molecule has 3 N–H and O–H groups in total. The van der Waals surface area contributed by atoms with Crippen LogP contribution in [0, 0.1) is 0 Å². The molecule has 1 aliphatic rings. The number of nitrogen functional groups attached to an aromatic ring is 1. The van der Waals surface area contributed by atoms with Crippen LogP contribution >= 0.6 is 0 Å². The lowest BCUT2D eigenvalue weighted by molar-refractivity contribution is -0.116. The minimum atomic E-state index is 0.0250. The molecule has 1 fully saturated rings. The Morgan fingerprint density at radius 3 is 2.82 bits per heavy atom. The van der Waals surface area contributed by atoms with E-state index in [1.165, 1.54) is 6.42 Å². The summed E-state index contributed by atoms with van der Waals surface area (Å²) in [5.41, 5.74) is 10.8. The van der Waals surface area contributed by atoms with E-state index in [9.17, 15) is 4.79 Å². The maximum atomic E-state index is 11.9. The second-order valence-corrected chi connectivity index (χ2v) is 8.81. The molecule has 7 nitrogen and oxygen atoms in total. The Morgan fingerprint density at radius 2 is 2.03 bits per heavy atom. The van der Waals surface area contributed by atoms with Crippen LogP contribution in [-0.2, 0) is 11.4 Å². The van der Waals surface area contributed by atoms with Crippen molar-refractivity contribution in [2.75, 3.05) is 11.1 Å². The Labute approximate surface area is 199 Å². The molecule has 2 aromatic carbocycles. The summed E-state index contributed by atoms with van der Waals surface area (Å²) in [6, 6.07) is 15.7. The molecule has 7 heteroatoms. The number of amides is 1. The molecule has 34 heavy (non-hydrogen) atoms. The van der Waals surface area contributed by atoms with Crippen LogP contribution < -0.4 is 15.8 Å². The summed E-state index contributed by atoms with van der Waals surface area (Å²) < 4.78 is 8.14. The summed E-state index contributed by atoms with van der Waals surface area (Å²) in [4.78, 5) is 21.2. The lowest BCUT2D eigenvalue weighted by Crippen LogP contribution is -2.14. The number of aromatic nitrogens is 3. The van der Waals surface area contributed by atoms with Crippen molar-refractivity contribution in [2.24, 2.45) is 0 Å². The van der Waals surface area contributed by atoms with Crippen molar-refractivity contribution in [3.63, 3.8) is 0 Å². The van der Waals surface area contributed by atoms with Crippen molar-refractivity contribution in [2.45, 2.75) is 51.6 Å². The number of hydrogen-bond donors (Lipinski definition) is 2. The van der Waals surface area contributed by atoms with E-state index < -0.39 is 0 Å². The molecule has 1 saturated carbocycles. The summed E-state index contributed by atoms with van der Waals surface area (Å²) in [6.07, 6.45) is 8.35. The fourth-order valence-corrected chi connectivity index (χ4v) is 4.33. The summed E-state index contributed by atoms with van der Waals surface area (Å²) in [5, 5.41) is 2.93. The van der Waals surface area contributed by atoms with Gasteiger partial charge in [0.1, 0.15) is 24.0 Å². The van der Waals surface area contributed by atoms with E-state index in [1.54, 1.807) is 6.20 Å². The lowest BCUT2D eigenvalue weighted by atomic mass is 9.85. The van der Waals surface area contributed by atoms with E-state index in [-0.39, 0.29) is 5.91 Å². The van der Waals surface area contributed by atoms with E-state index in [4.69, 9.17) is 15.5 Å². The summed E-state index contributed by atoms with van der Waals surface area (Å²) >= 11 is 0. The number of hydrogen-bond acceptors (Lipinski definition) is 5. The highest BCUT2D eigenvalue weighted by Gasteiger charge is 2.27. The van der Waals surface area contributed by atoms with Crippen molar-refractivity contribution in [3.8, 4) is 17.0 Å². The van der Waals surface area contributed by atoms with Gasteiger partial charge in [0.25, 0.3) is 0 Å². The van der Waals surface area contributed by atoms with E-state index in [1.807, 2.05) is 66.1 Å². The van der Waals surface area contributed by atoms with Crippen LogP contribution in [0.3, 0.4) is 0 Å². The fourth-order valence-electron chi connectivity index (χ4n) is 4.33. The number of carbonyl (C=O) groups excluding carboxylic acids is 1. The molecule has 0 atom stereocenters. The van der Waals surface area contributed by atoms with Gasteiger partial charge in [-0.05, 0) is 49.1 Å². The van der Waals surface area contributed by atoms with Gasteiger partial charge in [-0.25, -0.2) is 4.98 Å². The number of rotatable bonds is 8. The molecule has 0 unspecified atom stereocenters. The first-order valence-electron chi connectivity index (χ1n) is 11.9. The SMILES string of the molecule is CCCC(=O)Nc1cccc(COc2cccc(-c3nc(C4CCC4)n4c(N)cncc34)c2)c1. The topological polar surface area (TPSA) is 94.5 Å². The van der Waals surface area contributed by atoms with Gasteiger partial charge in [-0.3, -0.25) is 14.2 Å². The first-order valence-corrected chi connectivity index (χ1v) is 11.9. The van der Waals surface area contributed by atoms with Gasteiger partial charge in [-0.1, -0.05) is 37.6 Å². The molecule has 174 valence electrons. The van der Waals surface area contributed by atoms with Gasteiger partial charge in [0.15, 0.2) is 0 Å². The monoisotopic (exact) mass is 455 g/mol. The molecule has 4 aromatic rings. The predicted octanol–water partition coefficient (Wildman–Crippen LogP) is 5.56. The third-order valence-corrected chi connectivity index (χ3v) is 6.27. The van der Waals surface area contributed by atoms with Gasteiger partial charge in [-0.2, -0.15) is 0 Å². The number of nitrogens with one attached hydrogen (secondary N) is 1. The minimum absolute atomic E-state index is 0.0250. The van der Waals surface area contributed by atoms with E-state index >= 15 is 0 Å². The standard InChI is InChI=1S/C27H29N5O2/c1-2-6-25(33)30-21-11-3-7-18(13-21)17-34-22-12-5-10-20(14-22)26-23-15-29-16-24(28)32(23)27(31-26)19-8-4-9-19/h3,5,7,10-16,19H,2,4,6,8-9,17,28H2,1H3,(H,30,33). The Balaban J connectivity index is 1.37. The number of anilines is 2. The van der Waals surface area contributed by atoms with Crippen molar-refractivity contribution < 1.29 is 9.53 Å². The number of fused-ring (bicyclic) bond motifs is 1. The Hall–Kier alpha value is -3.87. The highest BCUT2D eigenvalue weighted by molar-refractivity contribution is 5.90. The first-order chi connectivity index (χ1) is 16.6. The number of nitrogens with two attached hydrogens (primary N) is 1. The quantitative estimate of drug-likeness (QED) is 0.362. The molecule has 0 radical (unpaired) electrons. The van der Waals surface area contributed by atoms with Gasteiger partial charge < -0.3 is 15.8 Å². The highest BCUT2D eigenvalue weighted by atomic mass is 16.5. The molecule has 0 aliphatic heterocycles. The van der Waals surface area contributed by atoms with Crippen LogP contribution in [-0.4, -0.2) is 20.3 Å². The number of carbonyl (C=O) groups is 1. The molecular formula is C27H29N5O2. The molecular weight excluding hydrogens is 426 g/mol. The van der Waals surface area contributed by atoms with Crippen LogP contribution in [0.25, 0.3) is 16.8 Å². The van der Waals surface area contributed by atoms with Crippen LogP contribution in [0.2, 0.25) is 0 Å².